The Hall–Kier alpha value is -0.770. The Balaban J connectivity index is 2.36. The molecule has 0 atom stereocenters. The molecule has 0 N–H and O–H groups in total. The second-order valence-electron chi connectivity index (χ2n) is 3.82. The van der Waals surface area contributed by atoms with E-state index in [0.29, 0.717) is 0 Å². The molecule has 1 aliphatic rings. The van der Waals surface area contributed by atoms with E-state index in [-0.39, 0.29) is 24.2 Å². The Labute approximate surface area is 95.2 Å². The van der Waals surface area contributed by atoms with Crippen LogP contribution >= 0.6 is 11.6 Å². The van der Waals surface area contributed by atoms with Gasteiger partial charge in [0.15, 0.2) is 0 Å². The number of likely N-dealkylation sites (tertiary alicyclic amines) is 1. The average molecular weight is 233 g/mol. The summed E-state index contributed by atoms with van der Waals surface area (Å²) in [6.07, 6.45) is 3.33. The minimum Gasteiger partial charge on any atom is -0.341 e. The molecule has 4 nitrogen and oxygen atoms in total. The fourth-order valence-electron chi connectivity index (χ4n) is 1.64. The third kappa shape index (κ3) is 3.70. The lowest BCUT2D eigenvalue weighted by atomic mass is 10.1. The summed E-state index contributed by atoms with van der Waals surface area (Å²) in [4.78, 5) is 26.1. The minimum atomic E-state index is -0.206. The van der Waals surface area contributed by atoms with Crippen molar-refractivity contribution in [2.75, 3.05) is 32.6 Å². The number of halogens is 1. The van der Waals surface area contributed by atoms with Crippen LogP contribution < -0.4 is 0 Å². The van der Waals surface area contributed by atoms with Crippen LogP contribution in [0.5, 0.6) is 0 Å². The first-order valence-corrected chi connectivity index (χ1v) is 5.76. The second-order valence-corrected chi connectivity index (χ2v) is 4.09. The largest absolute Gasteiger partial charge is 0.341 e. The highest BCUT2D eigenvalue weighted by Gasteiger charge is 2.19. The molecule has 1 rings (SSSR count). The van der Waals surface area contributed by atoms with Crippen molar-refractivity contribution in [1.29, 1.82) is 0 Å². The first-order valence-electron chi connectivity index (χ1n) is 5.23. The average Bonchev–Trinajstić information content (AvgIpc) is 2.29. The summed E-state index contributed by atoms with van der Waals surface area (Å²) in [5, 5.41) is 0. The molecule has 2 amide bonds. The zero-order chi connectivity index (χ0) is 11.3. The van der Waals surface area contributed by atoms with Crippen LogP contribution in [-0.4, -0.2) is 54.2 Å². The lowest BCUT2D eigenvalue weighted by molar-refractivity contribution is -0.138. The third-order valence-electron chi connectivity index (χ3n) is 2.62. The number of alkyl halides is 1. The van der Waals surface area contributed by atoms with E-state index in [1.165, 1.54) is 11.3 Å². The number of carbonyl (C=O) groups excluding carboxylic acids is 2. The Morgan fingerprint density at radius 3 is 2.40 bits per heavy atom. The Morgan fingerprint density at radius 1 is 1.27 bits per heavy atom. The topological polar surface area (TPSA) is 40.6 Å². The van der Waals surface area contributed by atoms with Gasteiger partial charge in [0.1, 0.15) is 5.88 Å². The molecule has 15 heavy (non-hydrogen) atoms. The van der Waals surface area contributed by atoms with Gasteiger partial charge in [-0.15, -0.1) is 11.6 Å². The van der Waals surface area contributed by atoms with Crippen molar-refractivity contribution in [1.82, 2.24) is 9.80 Å². The number of nitrogens with zero attached hydrogens (tertiary/aromatic N) is 2. The van der Waals surface area contributed by atoms with Crippen LogP contribution in [0.25, 0.3) is 0 Å². The molecule has 0 unspecified atom stereocenters. The van der Waals surface area contributed by atoms with Crippen LogP contribution in [0.4, 0.5) is 0 Å². The molecule has 0 aromatic heterocycles. The van der Waals surface area contributed by atoms with E-state index in [1.54, 1.807) is 7.05 Å². The fourth-order valence-corrected chi connectivity index (χ4v) is 1.84. The van der Waals surface area contributed by atoms with Gasteiger partial charge in [0, 0.05) is 20.1 Å². The van der Waals surface area contributed by atoms with Gasteiger partial charge in [0.25, 0.3) is 0 Å². The smallest absolute Gasteiger partial charge is 0.242 e. The third-order valence-corrected chi connectivity index (χ3v) is 2.85. The minimum absolute atomic E-state index is 0.0238. The molecule has 5 heteroatoms. The molecule has 1 heterocycles. The molecule has 0 bridgehead atoms. The van der Waals surface area contributed by atoms with Gasteiger partial charge >= 0.3 is 0 Å². The Kier molecular flexibility index (Phi) is 4.88. The number of hydrogen-bond donors (Lipinski definition) is 0. The highest BCUT2D eigenvalue weighted by Crippen LogP contribution is 2.08. The number of carbonyl (C=O) groups is 2. The molecule has 86 valence electrons. The maximum Gasteiger partial charge on any atom is 0.242 e. The molecule has 0 saturated carbocycles. The molecule has 1 fully saturated rings. The van der Waals surface area contributed by atoms with Gasteiger partial charge in [-0.25, -0.2) is 0 Å². The van der Waals surface area contributed by atoms with Gasteiger partial charge in [-0.05, 0) is 19.3 Å². The van der Waals surface area contributed by atoms with Crippen molar-refractivity contribution in [3.8, 4) is 0 Å². The lowest BCUT2D eigenvalue weighted by Crippen LogP contribution is -2.43. The van der Waals surface area contributed by atoms with Crippen LogP contribution in [0.2, 0.25) is 0 Å². The maximum absolute atomic E-state index is 11.7. The van der Waals surface area contributed by atoms with Crippen molar-refractivity contribution in [3.05, 3.63) is 0 Å². The van der Waals surface area contributed by atoms with Crippen molar-refractivity contribution >= 4 is 23.4 Å². The summed E-state index contributed by atoms with van der Waals surface area (Å²) < 4.78 is 0. The molecule has 0 radical (unpaired) electrons. The quantitative estimate of drug-likeness (QED) is 0.672. The summed E-state index contributed by atoms with van der Waals surface area (Å²) in [5.41, 5.74) is 0. The first-order chi connectivity index (χ1) is 7.15. The second kappa shape index (κ2) is 5.95. The van der Waals surface area contributed by atoms with E-state index in [2.05, 4.69) is 0 Å². The van der Waals surface area contributed by atoms with Gasteiger partial charge in [-0.1, -0.05) is 0 Å². The SMILES string of the molecule is CN(CC(=O)N1CCCCC1)C(=O)CCl. The molecule has 1 aliphatic heterocycles. The molecule has 0 spiro atoms. The number of rotatable bonds is 3. The van der Waals surface area contributed by atoms with Crippen molar-refractivity contribution in [3.63, 3.8) is 0 Å². The van der Waals surface area contributed by atoms with Crippen LogP contribution in [0.1, 0.15) is 19.3 Å². The van der Waals surface area contributed by atoms with Gasteiger partial charge in [0.2, 0.25) is 11.8 Å². The summed E-state index contributed by atoms with van der Waals surface area (Å²) in [5.74, 6) is -0.248. The summed E-state index contributed by atoms with van der Waals surface area (Å²) >= 11 is 5.40. The van der Waals surface area contributed by atoms with E-state index in [4.69, 9.17) is 11.6 Å². The van der Waals surface area contributed by atoms with Crippen molar-refractivity contribution < 1.29 is 9.59 Å². The van der Waals surface area contributed by atoms with Crippen LogP contribution in [-0.2, 0) is 9.59 Å². The first kappa shape index (κ1) is 12.3. The zero-order valence-corrected chi connectivity index (χ0v) is 9.79. The van der Waals surface area contributed by atoms with Crippen molar-refractivity contribution in [2.45, 2.75) is 19.3 Å². The lowest BCUT2D eigenvalue weighted by Gasteiger charge is -2.28. The predicted octanol–water partition coefficient (Wildman–Crippen LogP) is 0.696. The van der Waals surface area contributed by atoms with Gasteiger partial charge in [0.05, 0.1) is 6.54 Å². The summed E-state index contributed by atoms with van der Waals surface area (Å²) in [6.45, 7) is 1.79. The van der Waals surface area contributed by atoms with Crippen LogP contribution in [0.3, 0.4) is 0 Å². The molecular formula is C10H17ClN2O2. The van der Waals surface area contributed by atoms with E-state index < -0.39 is 0 Å². The monoisotopic (exact) mass is 232 g/mol. The van der Waals surface area contributed by atoms with Crippen molar-refractivity contribution in [2.24, 2.45) is 0 Å². The highest BCUT2D eigenvalue weighted by molar-refractivity contribution is 6.27. The van der Waals surface area contributed by atoms with Gasteiger partial charge in [-0.2, -0.15) is 0 Å². The molecule has 0 aliphatic carbocycles. The summed E-state index contributed by atoms with van der Waals surface area (Å²) in [6, 6.07) is 0. The maximum atomic E-state index is 11.7. The van der Waals surface area contributed by atoms with E-state index in [9.17, 15) is 9.59 Å². The number of piperidine rings is 1. The zero-order valence-electron chi connectivity index (χ0n) is 9.04. The summed E-state index contributed by atoms with van der Waals surface area (Å²) in [7, 11) is 1.60. The Morgan fingerprint density at radius 2 is 1.87 bits per heavy atom. The number of amides is 2. The molecule has 0 aromatic rings. The van der Waals surface area contributed by atoms with E-state index >= 15 is 0 Å². The van der Waals surface area contributed by atoms with Gasteiger partial charge < -0.3 is 9.80 Å². The van der Waals surface area contributed by atoms with Crippen LogP contribution in [0, 0.1) is 0 Å². The van der Waals surface area contributed by atoms with Crippen LogP contribution in [0.15, 0.2) is 0 Å². The van der Waals surface area contributed by atoms with E-state index in [0.717, 1.165) is 25.9 Å². The fraction of sp³-hybridized carbons (Fsp3) is 0.800. The number of likely N-dealkylation sites (N-methyl/N-ethyl adjacent to an activating group) is 1. The molecule has 1 saturated heterocycles. The number of hydrogen-bond acceptors (Lipinski definition) is 2. The normalized spacial score (nSPS) is 16.3. The highest BCUT2D eigenvalue weighted by atomic mass is 35.5. The van der Waals surface area contributed by atoms with Gasteiger partial charge in [-0.3, -0.25) is 9.59 Å². The molecular weight excluding hydrogens is 216 g/mol. The Bertz CT molecular complexity index is 240. The standard InChI is InChI=1S/C10H17ClN2O2/c1-12(9(14)7-11)8-10(15)13-5-3-2-4-6-13/h2-8H2,1H3. The predicted molar refractivity (Wildman–Crippen MR) is 58.8 cm³/mol. The van der Waals surface area contributed by atoms with E-state index in [1.807, 2.05) is 4.90 Å². The molecule has 0 aromatic carbocycles.